The number of benzene rings is 2. The molecule has 0 unspecified atom stereocenters. The molecule has 4 rings (SSSR count). The molecule has 0 amide bonds. The molecule has 2 aromatic carbocycles. The van der Waals surface area contributed by atoms with Crippen LogP contribution < -0.4 is 5.56 Å². The number of carbonyl (C=O) groups excluding carboxylic acids is 1. The van der Waals surface area contributed by atoms with E-state index in [4.69, 9.17) is 0 Å². The summed E-state index contributed by atoms with van der Waals surface area (Å²) in [6.45, 7) is 0. The van der Waals surface area contributed by atoms with E-state index in [0.717, 1.165) is 0 Å². The van der Waals surface area contributed by atoms with Gasteiger partial charge in [0.2, 0.25) is 5.78 Å². The predicted molar refractivity (Wildman–Crippen MR) is 78.4 cm³/mol. The normalized spacial score (nSPS) is 12.6. The number of nitrogens with zero attached hydrogens (tertiary/aromatic N) is 2. The number of ketones is 1. The van der Waals surface area contributed by atoms with Gasteiger partial charge in [0.15, 0.2) is 5.82 Å². The zero-order valence-corrected chi connectivity index (χ0v) is 12.0. The van der Waals surface area contributed by atoms with Gasteiger partial charge < -0.3 is 0 Å². The van der Waals surface area contributed by atoms with Crippen molar-refractivity contribution < 1.29 is 9.18 Å². The molecule has 0 saturated carbocycles. The van der Waals surface area contributed by atoms with Gasteiger partial charge in [0.25, 0.3) is 5.56 Å². The van der Waals surface area contributed by atoms with Gasteiger partial charge in [-0.3, -0.25) is 14.2 Å². The van der Waals surface area contributed by atoms with Crippen LogP contribution in [-0.4, -0.2) is 15.3 Å². The van der Waals surface area contributed by atoms with E-state index in [1.165, 1.54) is 16.7 Å². The van der Waals surface area contributed by atoms with Crippen LogP contribution >= 0.6 is 15.9 Å². The van der Waals surface area contributed by atoms with E-state index in [9.17, 15) is 14.0 Å². The van der Waals surface area contributed by atoms with Crippen LogP contribution in [0.5, 0.6) is 0 Å². The second-order valence-electron chi connectivity index (χ2n) is 4.68. The van der Waals surface area contributed by atoms with Crippen molar-refractivity contribution in [1.29, 1.82) is 0 Å². The molecular weight excluding hydrogens is 339 g/mol. The van der Waals surface area contributed by atoms with Crippen LogP contribution in [0.2, 0.25) is 0 Å². The molecule has 102 valence electrons. The maximum Gasteiger partial charge on any atom is 0.266 e. The molecule has 0 fully saturated rings. The zero-order chi connectivity index (χ0) is 14.7. The number of para-hydroxylation sites is 1. The molecule has 21 heavy (non-hydrogen) atoms. The molecule has 0 aliphatic carbocycles. The lowest BCUT2D eigenvalue weighted by Crippen LogP contribution is -2.21. The molecule has 1 aliphatic rings. The summed E-state index contributed by atoms with van der Waals surface area (Å²) < 4.78 is 15.0. The first-order chi connectivity index (χ1) is 10.1. The molecule has 0 saturated heterocycles. The van der Waals surface area contributed by atoms with Crippen LogP contribution in [0.25, 0.3) is 16.6 Å². The van der Waals surface area contributed by atoms with Crippen LogP contribution in [-0.2, 0) is 0 Å². The second kappa shape index (κ2) is 4.08. The zero-order valence-electron chi connectivity index (χ0n) is 10.4. The van der Waals surface area contributed by atoms with Crippen molar-refractivity contribution in [2.24, 2.45) is 0 Å². The van der Waals surface area contributed by atoms with Crippen molar-refractivity contribution >= 4 is 32.6 Å². The maximum absolute atomic E-state index is 13.7. The lowest BCUT2D eigenvalue weighted by molar-refractivity contribution is 0.103. The van der Waals surface area contributed by atoms with E-state index in [1.54, 1.807) is 24.3 Å². The van der Waals surface area contributed by atoms with Crippen molar-refractivity contribution in [3.05, 3.63) is 68.4 Å². The fraction of sp³-hybridized carbons (Fsp3) is 0. The highest BCUT2D eigenvalue weighted by molar-refractivity contribution is 9.10. The van der Waals surface area contributed by atoms with Gasteiger partial charge in [0.1, 0.15) is 5.82 Å². The van der Waals surface area contributed by atoms with Crippen molar-refractivity contribution in [1.82, 2.24) is 9.55 Å². The van der Waals surface area contributed by atoms with Gasteiger partial charge in [-0.2, -0.15) is 0 Å². The molecular formula is C15H6BrFN2O2. The quantitative estimate of drug-likeness (QED) is 0.493. The lowest BCUT2D eigenvalue weighted by Gasteiger charge is -2.07. The molecule has 1 aromatic heterocycles. The minimum absolute atomic E-state index is 0.0139. The SMILES string of the molecule is O=C1c2ccc(F)c(Br)c2-n2c1nc1ccccc1c2=O. The smallest absolute Gasteiger partial charge is 0.266 e. The van der Waals surface area contributed by atoms with Crippen molar-refractivity contribution in [3.8, 4) is 5.69 Å². The standard InChI is InChI=1S/C15H6BrFN2O2/c16-11-9(17)6-5-8-12(11)19-14(13(8)20)18-10-4-2-1-3-7(10)15(19)21/h1-6H. The van der Waals surface area contributed by atoms with Gasteiger partial charge in [0, 0.05) is 0 Å². The Balaban J connectivity index is 2.24. The molecule has 0 spiro atoms. The van der Waals surface area contributed by atoms with Crippen LogP contribution in [0.4, 0.5) is 4.39 Å². The minimum atomic E-state index is -0.533. The van der Waals surface area contributed by atoms with Gasteiger partial charge in [-0.15, -0.1) is 0 Å². The van der Waals surface area contributed by atoms with Crippen molar-refractivity contribution in [3.63, 3.8) is 0 Å². The van der Waals surface area contributed by atoms with Gasteiger partial charge in [-0.1, -0.05) is 12.1 Å². The Morgan fingerprint density at radius 1 is 1.10 bits per heavy atom. The predicted octanol–water partition coefficient (Wildman–Crippen LogP) is 2.83. The highest BCUT2D eigenvalue weighted by Gasteiger charge is 2.32. The largest absolute Gasteiger partial charge is 0.285 e. The molecule has 0 N–H and O–H groups in total. The first-order valence-corrected chi connectivity index (χ1v) is 6.94. The molecule has 0 atom stereocenters. The van der Waals surface area contributed by atoms with Gasteiger partial charge >= 0.3 is 0 Å². The van der Waals surface area contributed by atoms with Gasteiger partial charge in [-0.05, 0) is 40.2 Å². The number of carbonyl (C=O) groups is 1. The Bertz CT molecular complexity index is 1010. The molecule has 0 radical (unpaired) electrons. The summed E-state index contributed by atoms with van der Waals surface area (Å²) in [6, 6.07) is 9.33. The first kappa shape index (κ1) is 12.4. The summed E-state index contributed by atoms with van der Waals surface area (Å²) in [5.41, 5.74) is 0.557. The average Bonchev–Trinajstić information content (AvgIpc) is 2.77. The Morgan fingerprint density at radius 2 is 1.86 bits per heavy atom. The fourth-order valence-electron chi connectivity index (χ4n) is 2.55. The molecule has 0 bridgehead atoms. The topological polar surface area (TPSA) is 52.0 Å². The number of halogens is 2. The molecule has 2 heterocycles. The molecule has 1 aliphatic heterocycles. The van der Waals surface area contributed by atoms with E-state index in [-0.39, 0.29) is 32.9 Å². The second-order valence-corrected chi connectivity index (χ2v) is 5.47. The van der Waals surface area contributed by atoms with Crippen molar-refractivity contribution in [2.75, 3.05) is 0 Å². The Labute approximate surface area is 126 Å². The van der Waals surface area contributed by atoms with E-state index < -0.39 is 5.82 Å². The Hall–Kier alpha value is -2.34. The average molecular weight is 345 g/mol. The lowest BCUT2D eigenvalue weighted by atomic mass is 10.1. The van der Waals surface area contributed by atoms with E-state index in [2.05, 4.69) is 20.9 Å². The third-order valence-corrected chi connectivity index (χ3v) is 4.27. The number of hydrogen-bond donors (Lipinski definition) is 0. The number of hydrogen-bond acceptors (Lipinski definition) is 3. The van der Waals surface area contributed by atoms with Gasteiger partial charge in [-0.25, -0.2) is 9.37 Å². The highest BCUT2D eigenvalue weighted by Crippen LogP contribution is 2.33. The molecule has 6 heteroatoms. The first-order valence-electron chi connectivity index (χ1n) is 6.14. The number of aromatic nitrogens is 2. The van der Waals surface area contributed by atoms with Crippen LogP contribution in [0.15, 0.2) is 45.7 Å². The molecule has 4 nitrogen and oxygen atoms in total. The van der Waals surface area contributed by atoms with E-state index in [1.807, 2.05) is 0 Å². The minimum Gasteiger partial charge on any atom is -0.285 e. The summed E-state index contributed by atoms with van der Waals surface area (Å²) in [5.74, 6) is -0.900. The van der Waals surface area contributed by atoms with Crippen molar-refractivity contribution in [2.45, 2.75) is 0 Å². The van der Waals surface area contributed by atoms with Crippen LogP contribution in [0, 0.1) is 5.82 Å². The fourth-order valence-corrected chi connectivity index (χ4v) is 3.08. The Kier molecular flexibility index (Phi) is 2.41. The van der Waals surface area contributed by atoms with Gasteiger partial charge in [0.05, 0.1) is 26.6 Å². The van der Waals surface area contributed by atoms with Crippen LogP contribution in [0.3, 0.4) is 0 Å². The van der Waals surface area contributed by atoms with E-state index >= 15 is 0 Å². The summed E-state index contributed by atoms with van der Waals surface area (Å²) >= 11 is 3.11. The van der Waals surface area contributed by atoms with Crippen LogP contribution in [0.1, 0.15) is 16.2 Å². The number of rotatable bonds is 0. The molecule has 3 aromatic rings. The summed E-state index contributed by atoms with van der Waals surface area (Å²) in [7, 11) is 0. The summed E-state index contributed by atoms with van der Waals surface area (Å²) in [5, 5.41) is 0.387. The summed E-state index contributed by atoms with van der Waals surface area (Å²) in [4.78, 5) is 29.3. The highest BCUT2D eigenvalue weighted by atomic mass is 79.9. The third kappa shape index (κ3) is 1.50. The van der Waals surface area contributed by atoms with E-state index in [0.29, 0.717) is 10.9 Å². The monoisotopic (exact) mass is 344 g/mol. The Morgan fingerprint density at radius 3 is 2.67 bits per heavy atom. The summed E-state index contributed by atoms with van der Waals surface area (Å²) in [6.07, 6.45) is 0. The maximum atomic E-state index is 13.7. The number of fused-ring (bicyclic) bond motifs is 4. The third-order valence-electron chi connectivity index (χ3n) is 3.52.